The van der Waals surface area contributed by atoms with Gasteiger partial charge in [-0.1, -0.05) is 18.2 Å². The zero-order valence-corrected chi connectivity index (χ0v) is 17.9. The van der Waals surface area contributed by atoms with Gasteiger partial charge in [-0.15, -0.1) is 0 Å². The summed E-state index contributed by atoms with van der Waals surface area (Å²) in [6.45, 7) is 2.88. The van der Waals surface area contributed by atoms with Crippen LogP contribution in [-0.4, -0.2) is 52.6 Å². The molecule has 1 saturated heterocycles. The van der Waals surface area contributed by atoms with E-state index < -0.39 is 12.5 Å². The van der Waals surface area contributed by atoms with Crippen LogP contribution >= 0.6 is 0 Å². The molecule has 0 radical (unpaired) electrons. The number of nitrogens with zero attached hydrogens (tertiary/aromatic N) is 4. The third-order valence-electron chi connectivity index (χ3n) is 5.70. The van der Waals surface area contributed by atoms with E-state index in [-0.39, 0.29) is 17.2 Å². The summed E-state index contributed by atoms with van der Waals surface area (Å²) < 4.78 is 34.7. The van der Waals surface area contributed by atoms with E-state index in [0.29, 0.717) is 54.4 Å². The van der Waals surface area contributed by atoms with Crippen LogP contribution in [-0.2, 0) is 17.7 Å². The highest BCUT2D eigenvalue weighted by atomic mass is 19.3. The maximum absolute atomic E-state index is 13.9. The van der Waals surface area contributed by atoms with Gasteiger partial charge in [-0.05, 0) is 24.6 Å². The lowest BCUT2D eigenvalue weighted by Crippen LogP contribution is -2.40. The maximum atomic E-state index is 13.9. The highest BCUT2D eigenvalue weighted by Crippen LogP contribution is 2.31. The quantitative estimate of drug-likeness (QED) is 0.602. The zero-order valence-electron chi connectivity index (χ0n) is 17.9. The number of fused-ring (bicyclic) bond motifs is 1. The molecule has 0 amide bonds. The summed E-state index contributed by atoms with van der Waals surface area (Å²) in [5.74, 6) is -2.82. The number of halogens is 2. The van der Waals surface area contributed by atoms with Crippen molar-refractivity contribution in [3.63, 3.8) is 0 Å². The molecule has 3 heterocycles. The van der Waals surface area contributed by atoms with E-state index in [1.165, 1.54) is 29.1 Å². The summed E-state index contributed by atoms with van der Waals surface area (Å²) >= 11 is 0. The predicted octanol–water partition coefficient (Wildman–Crippen LogP) is 2.42. The van der Waals surface area contributed by atoms with Gasteiger partial charge in [0.25, 0.3) is 11.5 Å². The topological polar surface area (TPSA) is 92.5 Å². The largest absolute Gasteiger partial charge is 0.390 e. The van der Waals surface area contributed by atoms with Crippen LogP contribution in [0, 0.1) is 0 Å². The molecule has 1 aliphatic heterocycles. The summed E-state index contributed by atoms with van der Waals surface area (Å²) in [5.41, 5.74) is 1.21. The first-order valence-electron chi connectivity index (χ1n) is 10.3. The monoisotopic (exact) mass is 445 g/mol. The molecule has 2 aromatic heterocycles. The number of rotatable bonds is 6. The number of aryl methyl sites for hydroxylation is 1. The molecular formula is C22H25F2N5O3. The van der Waals surface area contributed by atoms with Crippen LogP contribution in [0.2, 0.25) is 0 Å². The molecule has 1 aromatic carbocycles. The number of aromatic nitrogens is 3. The molecule has 0 spiro atoms. The smallest absolute Gasteiger partial charge is 0.295 e. The lowest BCUT2D eigenvalue weighted by Gasteiger charge is -2.28. The number of hydrogen-bond acceptors (Lipinski definition) is 7. The Kier molecular flexibility index (Phi) is 6.07. The normalized spacial score (nSPS) is 15.7. The van der Waals surface area contributed by atoms with Crippen molar-refractivity contribution >= 4 is 22.5 Å². The van der Waals surface area contributed by atoms with E-state index in [2.05, 4.69) is 15.3 Å². The Labute approximate surface area is 183 Å². The number of aliphatic hydroxyl groups excluding tert-OH is 1. The Bertz CT molecular complexity index is 1180. The summed E-state index contributed by atoms with van der Waals surface area (Å²) in [7, 11) is 1.66. The van der Waals surface area contributed by atoms with Crippen LogP contribution in [0.5, 0.6) is 0 Å². The second-order valence-corrected chi connectivity index (χ2v) is 7.81. The number of hydrogen-bond donors (Lipinski definition) is 2. The minimum absolute atomic E-state index is 0.156. The van der Waals surface area contributed by atoms with Gasteiger partial charge >= 0.3 is 0 Å². The second-order valence-electron chi connectivity index (χ2n) is 7.81. The van der Waals surface area contributed by atoms with Crippen LogP contribution in [0.15, 0.2) is 41.5 Å². The van der Waals surface area contributed by atoms with Gasteiger partial charge in [0.15, 0.2) is 0 Å². The van der Waals surface area contributed by atoms with Crippen molar-refractivity contribution in [3.05, 3.63) is 58.1 Å². The number of ether oxygens (including phenoxy) is 1. The Morgan fingerprint density at radius 3 is 2.72 bits per heavy atom. The molecule has 0 bridgehead atoms. The van der Waals surface area contributed by atoms with Crippen LogP contribution in [0.4, 0.5) is 20.3 Å². The van der Waals surface area contributed by atoms with E-state index in [4.69, 9.17) is 9.84 Å². The molecule has 1 atom stereocenters. The number of alkyl halides is 2. The van der Waals surface area contributed by atoms with Gasteiger partial charge in [0.05, 0.1) is 18.6 Å². The molecule has 1 aliphatic rings. The minimum atomic E-state index is -3.32. The molecule has 0 aliphatic carbocycles. The third kappa shape index (κ3) is 4.15. The fraction of sp³-hybridized carbons (Fsp3) is 0.409. The molecule has 10 heteroatoms. The zero-order chi connectivity index (χ0) is 22.9. The van der Waals surface area contributed by atoms with Crippen molar-refractivity contribution in [1.29, 1.82) is 0 Å². The van der Waals surface area contributed by atoms with Gasteiger partial charge in [0, 0.05) is 31.7 Å². The fourth-order valence-electron chi connectivity index (χ4n) is 3.81. The average Bonchev–Trinajstić information content (AvgIpc) is 2.82. The van der Waals surface area contributed by atoms with Crippen LogP contribution < -0.4 is 15.8 Å². The van der Waals surface area contributed by atoms with E-state index in [1.807, 2.05) is 11.8 Å². The minimum Gasteiger partial charge on any atom is -0.390 e. The van der Waals surface area contributed by atoms with Crippen molar-refractivity contribution in [2.45, 2.75) is 18.9 Å². The van der Waals surface area contributed by atoms with Gasteiger partial charge in [-0.2, -0.15) is 8.78 Å². The molecule has 170 valence electrons. The van der Waals surface area contributed by atoms with Gasteiger partial charge in [0.1, 0.15) is 30.1 Å². The predicted molar refractivity (Wildman–Crippen MR) is 117 cm³/mol. The van der Waals surface area contributed by atoms with Crippen LogP contribution in [0.25, 0.3) is 11.0 Å². The van der Waals surface area contributed by atoms with Crippen molar-refractivity contribution in [2.24, 2.45) is 7.05 Å². The molecule has 3 aromatic rings. The van der Waals surface area contributed by atoms with E-state index in [1.54, 1.807) is 19.2 Å². The van der Waals surface area contributed by atoms with E-state index in [9.17, 15) is 13.6 Å². The van der Waals surface area contributed by atoms with Crippen LogP contribution in [0.3, 0.4) is 0 Å². The molecule has 4 rings (SSSR count). The lowest BCUT2D eigenvalue weighted by molar-refractivity contribution is -0.0556. The van der Waals surface area contributed by atoms with Gasteiger partial charge in [-0.3, -0.25) is 9.36 Å². The molecular weight excluding hydrogens is 420 g/mol. The summed E-state index contributed by atoms with van der Waals surface area (Å²) in [4.78, 5) is 23.5. The first-order valence-corrected chi connectivity index (χ1v) is 10.3. The Balaban J connectivity index is 1.71. The third-order valence-corrected chi connectivity index (χ3v) is 5.70. The first-order chi connectivity index (χ1) is 15.3. The SMILES string of the molecule is CC(Nc1ncnc2c1cc(N1CCOCC1)c(=O)n2C)c1cccc(C(F)(F)CO)c1. The fourth-order valence-corrected chi connectivity index (χ4v) is 3.81. The summed E-state index contributed by atoms with van der Waals surface area (Å²) in [6.07, 6.45) is 1.36. The second kappa shape index (κ2) is 8.79. The Hall–Kier alpha value is -3.11. The highest BCUT2D eigenvalue weighted by Gasteiger charge is 2.30. The molecule has 8 nitrogen and oxygen atoms in total. The van der Waals surface area contributed by atoms with Crippen LogP contribution in [0.1, 0.15) is 24.1 Å². The van der Waals surface area contributed by atoms with Gasteiger partial charge in [-0.25, -0.2) is 9.97 Å². The van der Waals surface area contributed by atoms with E-state index in [0.717, 1.165) is 0 Å². The summed E-state index contributed by atoms with van der Waals surface area (Å²) in [6, 6.07) is 7.32. The van der Waals surface area contributed by atoms with E-state index >= 15 is 0 Å². The van der Waals surface area contributed by atoms with Crippen molar-refractivity contribution in [2.75, 3.05) is 43.1 Å². The number of nitrogens with one attached hydrogen (secondary N) is 1. The van der Waals surface area contributed by atoms with Gasteiger partial charge < -0.3 is 20.1 Å². The highest BCUT2D eigenvalue weighted by molar-refractivity contribution is 5.89. The standard InChI is InChI=1S/C22H25F2N5O3/c1-14(15-4-3-5-16(10-15)22(23,24)12-30)27-19-17-11-18(29-6-8-32-9-7-29)21(31)28(2)20(17)26-13-25-19/h3-5,10-11,13-14,30H,6-9,12H2,1-2H3,(H,25,26,27). The maximum Gasteiger partial charge on any atom is 0.295 e. The first kappa shape index (κ1) is 22.1. The van der Waals surface area contributed by atoms with Crippen molar-refractivity contribution < 1.29 is 18.6 Å². The Morgan fingerprint density at radius 1 is 1.25 bits per heavy atom. The molecule has 1 unspecified atom stereocenters. The van der Waals surface area contributed by atoms with Gasteiger partial charge in [0.2, 0.25) is 0 Å². The average molecular weight is 445 g/mol. The molecule has 2 N–H and O–H groups in total. The Morgan fingerprint density at radius 2 is 2.00 bits per heavy atom. The number of benzene rings is 1. The number of anilines is 2. The molecule has 1 fully saturated rings. The molecule has 0 saturated carbocycles. The number of morpholine rings is 1. The van der Waals surface area contributed by atoms with Crippen molar-refractivity contribution in [3.8, 4) is 0 Å². The number of pyridine rings is 1. The molecule has 32 heavy (non-hydrogen) atoms. The van der Waals surface area contributed by atoms with Crippen molar-refractivity contribution in [1.82, 2.24) is 14.5 Å². The number of aliphatic hydroxyl groups is 1. The summed E-state index contributed by atoms with van der Waals surface area (Å²) in [5, 5.41) is 12.9. The lowest BCUT2D eigenvalue weighted by atomic mass is 10.0.